The van der Waals surface area contributed by atoms with Gasteiger partial charge in [0.1, 0.15) is 0 Å². The largest absolute Gasteiger partial charge is 0.354 e. The van der Waals surface area contributed by atoms with Crippen LogP contribution < -0.4 is 15.4 Å². The normalized spacial score (nSPS) is 13.8. The van der Waals surface area contributed by atoms with Gasteiger partial charge in [-0.15, -0.1) is 0 Å². The van der Waals surface area contributed by atoms with Gasteiger partial charge in [-0.1, -0.05) is 26.0 Å². The summed E-state index contributed by atoms with van der Waals surface area (Å²) in [6.07, 6.45) is 2.27. The van der Waals surface area contributed by atoms with Crippen LogP contribution in [-0.2, 0) is 16.6 Å². The van der Waals surface area contributed by atoms with Crippen LogP contribution >= 0.6 is 0 Å². The van der Waals surface area contributed by atoms with Gasteiger partial charge in [0.2, 0.25) is 10.0 Å². The molecule has 0 fully saturated rings. The molecule has 0 aliphatic heterocycles. The highest BCUT2D eigenvalue weighted by atomic mass is 32.2. The van der Waals surface area contributed by atoms with Crippen LogP contribution in [0.15, 0.2) is 34.2 Å². The third kappa shape index (κ3) is 6.88. The third-order valence-corrected chi connectivity index (χ3v) is 5.18. The topological polar surface area (TPSA) is 82.6 Å². The van der Waals surface area contributed by atoms with Crippen molar-refractivity contribution in [2.24, 2.45) is 10.9 Å². The standard InChI is InChI=1S/C17H30N4O2S/c1-13(2)6-7-14(3)21-17(18-4)20-12-15-8-10-16(11-9-15)24(22,23)19-5/h8-11,13-14,19H,6-7,12H2,1-5H3,(H2,18,20,21). The van der Waals surface area contributed by atoms with E-state index in [1.54, 1.807) is 31.3 Å². The van der Waals surface area contributed by atoms with Crippen LogP contribution in [0, 0.1) is 5.92 Å². The fourth-order valence-corrected chi connectivity index (χ4v) is 2.90. The minimum absolute atomic E-state index is 0.263. The molecule has 0 amide bonds. The summed E-state index contributed by atoms with van der Waals surface area (Å²) in [4.78, 5) is 4.49. The molecule has 0 bridgehead atoms. The van der Waals surface area contributed by atoms with Crippen molar-refractivity contribution in [3.05, 3.63) is 29.8 Å². The highest BCUT2D eigenvalue weighted by Gasteiger charge is 2.10. The summed E-state index contributed by atoms with van der Waals surface area (Å²) < 4.78 is 25.7. The lowest BCUT2D eigenvalue weighted by Crippen LogP contribution is -2.41. The Bertz CT molecular complexity index is 624. The van der Waals surface area contributed by atoms with Gasteiger partial charge in [-0.25, -0.2) is 13.1 Å². The van der Waals surface area contributed by atoms with Gasteiger partial charge in [0.05, 0.1) is 4.90 Å². The van der Waals surface area contributed by atoms with E-state index in [0.29, 0.717) is 18.5 Å². The molecule has 1 atom stereocenters. The van der Waals surface area contributed by atoms with Crippen molar-refractivity contribution in [2.45, 2.75) is 51.1 Å². The summed E-state index contributed by atoms with van der Waals surface area (Å²) >= 11 is 0. The van der Waals surface area contributed by atoms with E-state index in [1.807, 2.05) is 0 Å². The number of hydrogen-bond acceptors (Lipinski definition) is 3. The Labute approximate surface area is 146 Å². The Balaban J connectivity index is 2.54. The highest BCUT2D eigenvalue weighted by Crippen LogP contribution is 2.10. The Hall–Kier alpha value is -1.60. The number of hydrogen-bond donors (Lipinski definition) is 3. The maximum atomic E-state index is 11.7. The number of aliphatic imine (C=N–C) groups is 1. The summed E-state index contributed by atoms with van der Waals surface area (Å²) in [5.74, 6) is 1.44. The van der Waals surface area contributed by atoms with E-state index in [9.17, 15) is 8.42 Å². The molecular weight excluding hydrogens is 324 g/mol. The van der Waals surface area contributed by atoms with Crippen LogP contribution in [0.3, 0.4) is 0 Å². The molecule has 0 aliphatic rings. The number of benzene rings is 1. The number of guanidine groups is 1. The maximum Gasteiger partial charge on any atom is 0.240 e. The molecule has 1 aromatic carbocycles. The fraction of sp³-hybridized carbons (Fsp3) is 0.588. The van der Waals surface area contributed by atoms with Crippen molar-refractivity contribution in [1.82, 2.24) is 15.4 Å². The monoisotopic (exact) mass is 354 g/mol. The zero-order valence-electron chi connectivity index (χ0n) is 15.3. The second-order valence-corrected chi connectivity index (χ2v) is 8.18. The first-order valence-corrected chi connectivity index (χ1v) is 9.76. The zero-order chi connectivity index (χ0) is 18.2. The summed E-state index contributed by atoms with van der Waals surface area (Å²) in [6, 6.07) is 7.15. The summed E-state index contributed by atoms with van der Waals surface area (Å²) in [7, 11) is -0.240. The van der Waals surface area contributed by atoms with Crippen LogP contribution in [0.5, 0.6) is 0 Å². The van der Waals surface area contributed by atoms with Crippen molar-refractivity contribution >= 4 is 16.0 Å². The Morgan fingerprint density at radius 1 is 1.12 bits per heavy atom. The van der Waals surface area contributed by atoms with Gasteiger partial charge in [0.25, 0.3) is 0 Å². The molecule has 0 saturated heterocycles. The molecule has 136 valence electrons. The predicted octanol–water partition coefficient (Wildman–Crippen LogP) is 2.08. The molecule has 1 aromatic rings. The molecule has 0 saturated carbocycles. The minimum Gasteiger partial charge on any atom is -0.354 e. The van der Waals surface area contributed by atoms with Gasteiger partial charge in [-0.2, -0.15) is 0 Å². The van der Waals surface area contributed by atoms with Gasteiger partial charge in [0, 0.05) is 19.6 Å². The molecule has 1 rings (SSSR count). The summed E-state index contributed by atoms with van der Waals surface area (Å²) in [5.41, 5.74) is 0.989. The molecule has 0 spiro atoms. The van der Waals surface area contributed by atoms with Crippen molar-refractivity contribution in [2.75, 3.05) is 14.1 Å². The second kappa shape index (κ2) is 9.64. The quantitative estimate of drug-likeness (QED) is 0.493. The molecule has 0 heterocycles. The van der Waals surface area contributed by atoms with E-state index in [0.717, 1.165) is 17.9 Å². The predicted molar refractivity (Wildman–Crippen MR) is 99.6 cm³/mol. The number of sulfonamides is 1. The third-order valence-electron chi connectivity index (χ3n) is 3.75. The van der Waals surface area contributed by atoms with E-state index in [4.69, 9.17) is 0 Å². The molecule has 24 heavy (non-hydrogen) atoms. The molecule has 0 radical (unpaired) electrons. The van der Waals surface area contributed by atoms with E-state index >= 15 is 0 Å². The second-order valence-electron chi connectivity index (χ2n) is 6.29. The van der Waals surface area contributed by atoms with Gasteiger partial charge in [-0.3, -0.25) is 4.99 Å². The SMILES string of the molecule is CN=C(NCc1ccc(S(=O)(=O)NC)cc1)NC(C)CCC(C)C. The Morgan fingerprint density at radius 3 is 2.25 bits per heavy atom. The first kappa shape index (κ1) is 20.4. The maximum absolute atomic E-state index is 11.7. The minimum atomic E-state index is -3.39. The number of rotatable bonds is 8. The summed E-state index contributed by atoms with van der Waals surface area (Å²) in [5, 5.41) is 6.62. The van der Waals surface area contributed by atoms with Gasteiger partial charge in [0.15, 0.2) is 5.96 Å². The lowest BCUT2D eigenvalue weighted by atomic mass is 10.0. The molecule has 1 unspecified atom stereocenters. The average molecular weight is 355 g/mol. The highest BCUT2D eigenvalue weighted by molar-refractivity contribution is 7.89. The fourth-order valence-electron chi connectivity index (χ4n) is 2.17. The molecule has 0 aromatic heterocycles. The smallest absolute Gasteiger partial charge is 0.240 e. The van der Waals surface area contributed by atoms with Crippen LogP contribution in [0.1, 0.15) is 39.2 Å². The van der Waals surface area contributed by atoms with Crippen LogP contribution in [-0.4, -0.2) is 34.5 Å². The molecule has 3 N–H and O–H groups in total. The Morgan fingerprint density at radius 2 is 1.75 bits per heavy atom. The van der Waals surface area contributed by atoms with Crippen LogP contribution in [0.25, 0.3) is 0 Å². The van der Waals surface area contributed by atoms with E-state index in [1.165, 1.54) is 13.5 Å². The van der Waals surface area contributed by atoms with E-state index < -0.39 is 10.0 Å². The average Bonchev–Trinajstić information content (AvgIpc) is 2.57. The van der Waals surface area contributed by atoms with Crippen molar-refractivity contribution in [3.8, 4) is 0 Å². The first-order chi connectivity index (χ1) is 11.3. The lowest BCUT2D eigenvalue weighted by molar-refractivity contribution is 0.489. The number of nitrogens with zero attached hydrogens (tertiary/aromatic N) is 1. The zero-order valence-corrected chi connectivity index (χ0v) is 16.1. The van der Waals surface area contributed by atoms with Crippen LogP contribution in [0.2, 0.25) is 0 Å². The molecule has 7 heteroatoms. The van der Waals surface area contributed by atoms with Crippen molar-refractivity contribution in [3.63, 3.8) is 0 Å². The van der Waals surface area contributed by atoms with Crippen molar-refractivity contribution < 1.29 is 8.42 Å². The van der Waals surface area contributed by atoms with Crippen LogP contribution in [0.4, 0.5) is 0 Å². The molecule has 0 aliphatic carbocycles. The summed E-state index contributed by atoms with van der Waals surface area (Å²) in [6.45, 7) is 7.17. The van der Waals surface area contributed by atoms with E-state index in [-0.39, 0.29) is 4.90 Å². The van der Waals surface area contributed by atoms with E-state index in [2.05, 4.69) is 41.1 Å². The first-order valence-electron chi connectivity index (χ1n) is 8.28. The molecule has 6 nitrogen and oxygen atoms in total. The Kier molecular flexibility index (Phi) is 8.21. The van der Waals surface area contributed by atoms with Crippen molar-refractivity contribution in [1.29, 1.82) is 0 Å². The van der Waals surface area contributed by atoms with Gasteiger partial charge >= 0.3 is 0 Å². The molecular formula is C17H30N4O2S. The number of nitrogens with one attached hydrogen (secondary N) is 3. The lowest BCUT2D eigenvalue weighted by Gasteiger charge is -2.18. The van der Waals surface area contributed by atoms with Gasteiger partial charge in [-0.05, 0) is 50.4 Å². The van der Waals surface area contributed by atoms with Gasteiger partial charge < -0.3 is 10.6 Å².